The summed E-state index contributed by atoms with van der Waals surface area (Å²) in [6.07, 6.45) is 2.14. The van der Waals surface area contributed by atoms with Gasteiger partial charge in [-0.3, -0.25) is 4.79 Å². The molecule has 0 atom stereocenters. The lowest BCUT2D eigenvalue weighted by atomic mass is 9.85. The number of amides is 2. The quantitative estimate of drug-likeness (QED) is 0.805. The van der Waals surface area contributed by atoms with Gasteiger partial charge in [-0.25, -0.2) is 4.79 Å². The minimum atomic E-state index is -0.965. The van der Waals surface area contributed by atoms with Crippen molar-refractivity contribution in [3.63, 3.8) is 0 Å². The molecular weight excluding hydrogens is 322 g/mol. The van der Waals surface area contributed by atoms with E-state index in [0.29, 0.717) is 26.1 Å². The summed E-state index contributed by atoms with van der Waals surface area (Å²) in [7, 11) is 2.09. The summed E-state index contributed by atoms with van der Waals surface area (Å²) in [5, 5.41) is 6.04. The maximum atomic E-state index is 13.1. The number of ether oxygens (including phenoxy) is 2. The third kappa shape index (κ3) is 5.57. The smallest absolute Gasteiger partial charge is 0.408 e. The van der Waals surface area contributed by atoms with Crippen LogP contribution >= 0.6 is 0 Å². The van der Waals surface area contributed by atoms with Crippen molar-refractivity contribution in [3.8, 4) is 0 Å². The fourth-order valence-electron chi connectivity index (χ4n) is 3.26. The van der Waals surface area contributed by atoms with Gasteiger partial charge in [-0.1, -0.05) is 0 Å². The van der Waals surface area contributed by atoms with E-state index < -0.39 is 17.2 Å². The van der Waals surface area contributed by atoms with Crippen molar-refractivity contribution in [2.24, 2.45) is 0 Å². The highest BCUT2D eigenvalue weighted by Crippen LogP contribution is 2.26. The van der Waals surface area contributed by atoms with Crippen LogP contribution in [0, 0.1) is 0 Å². The number of nitrogens with one attached hydrogen (secondary N) is 2. The molecular formula is C18H33N3O4. The van der Waals surface area contributed by atoms with E-state index in [1.165, 1.54) is 0 Å². The molecule has 2 saturated heterocycles. The van der Waals surface area contributed by atoms with Gasteiger partial charge < -0.3 is 25.0 Å². The van der Waals surface area contributed by atoms with Crippen LogP contribution in [0.1, 0.15) is 53.4 Å². The van der Waals surface area contributed by atoms with Crippen molar-refractivity contribution >= 4 is 12.0 Å². The van der Waals surface area contributed by atoms with Crippen LogP contribution in [0.4, 0.5) is 4.79 Å². The van der Waals surface area contributed by atoms with E-state index in [1.807, 2.05) is 20.8 Å². The Morgan fingerprint density at radius 2 is 1.60 bits per heavy atom. The van der Waals surface area contributed by atoms with E-state index in [4.69, 9.17) is 9.47 Å². The molecule has 25 heavy (non-hydrogen) atoms. The van der Waals surface area contributed by atoms with Gasteiger partial charge in [0.1, 0.15) is 11.1 Å². The Bertz CT molecular complexity index is 487. The predicted molar refractivity (Wildman–Crippen MR) is 95.4 cm³/mol. The summed E-state index contributed by atoms with van der Waals surface area (Å²) in [4.78, 5) is 27.7. The third-order valence-electron chi connectivity index (χ3n) is 5.03. The average molecular weight is 355 g/mol. The van der Waals surface area contributed by atoms with Gasteiger partial charge in [0.25, 0.3) is 0 Å². The average Bonchev–Trinajstić information content (AvgIpc) is 2.49. The second-order valence-electron chi connectivity index (χ2n) is 8.64. The number of piperidine rings is 1. The zero-order valence-corrected chi connectivity index (χ0v) is 16.2. The molecule has 2 heterocycles. The summed E-state index contributed by atoms with van der Waals surface area (Å²) in [6.45, 7) is 10.3. The van der Waals surface area contributed by atoms with E-state index >= 15 is 0 Å². The molecule has 2 rings (SSSR count). The number of carbonyl (C=O) groups excluding carboxylic acids is 2. The largest absolute Gasteiger partial charge is 0.444 e. The Hall–Kier alpha value is -1.34. The highest BCUT2D eigenvalue weighted by molar-refractivity contribution is 5.90. The third-order valence-corrected chi connectivity index (χ3v) is 5.03. The molecule has 0 aromatic rings. The Labute approximate surface area is 150 Å². The van der Waals surface area contributed by atoms with Crippen LogP contribution in [0.15, 0.2) is 0 Å². The van der Waals surface area contributed by atoms with Crippen LogP contribution in [-0.4, -0.2) is 66.9 Å². The molecule has 2 aliphatic rings. The van der Waals surface area contributed by atoms with Gasteiger partial charge in [0.05, 0.1) is 0 Å². The van der Waals surface area contributed by atoms with Crippen molar-refractivity contribution in [1.29, 1.82) is 0 Å². The summed E-state index contributed by atoms with van der Waals surface area (Å²) < 4.78 is 10.8. The molecule has 2 N–H and O–H groups in total. The van der Waals surface area contributed by atoms with Crippen LogP contribution in [0.5, 0.6) is 0 Å². The second kappa shape index (κ2) is 7.50. The van der Waals surface area contributed by atoms with Crippen LogP contribution in [0.25, 0.3) is 0 Å². The van der Waals surface area contributed by atoms with Crippen molar-refractivity contribution in [2.75, 3.05) is 33.4 Å². The second-order valence-corrected chi connectivity index (χ2v) is 8.64. The zero-order chi connectivity index (χ0) is 18.7. The fourth-order valence-corrected chi connectivity index (χ4v) is 3.26. The standard InChI is InChI=1S/C18H33N3O4/c1-16(2,3)25-15(23)20-18(8-12-24-13-9-18)14(22)19-17(4)6-10-21(5)11-7-17/h6-13H2,1-5H3,(H,19,22)(H,20,23). The van der Waals surface area contributed by atoms with E-state index in [9.17, 15) is 9.59 Å². The first-order valence-corrected chi connectivity index (χ1v) is 9.14. The number of rotatable bonds is 3. The van der Waals surface area contributed by atoms with Gasteiger partial charge in [-0.05, 0) is 47.6 Å². The molecule has 2 aliphatic heterocycles. The molecule has 0 spiro atoms. The lowest BCUT2D eigenvalue weighted by Gasteiger charge is -2.43. The molecule has 0 saturated carbocycles. The van der Waals surface area contributed by atoms with Crippen molar-refractivity contribution in [2.45, 2.75) is 70.1 Å². The van der Waals surface area contributed by atoms with Gasteiger partial charge in [0.2, 0.25) is 5.91 Å². The Morgan fingerprint density at radius 1 is 1.04 bits per heavy atom. The first kappa shape index (κ1) is 20.0. The number of carbonyl (C=O) groups is 2. The molecule has 0 aromatic heterocycles. The first-order chi connectivity index (χ1) is 11.5. The lowest BCUT2D eigenvalue weighted by molar-refractivity contribution is -0.134. The summed E-state index contributed by atoms with van der Waals surface area (Å²) >= 11 is 0. The maximum absolute atomic E-state index is 13.1. The van der Waals surface area contributed by atoms with E-state index in [2.05, 4.69) is 29.5 Å². The van der Waals surface area contributed by atoms with Gasteiger partial charge in [-0.2, -0.15) is 0 Å². The lowest BCUT2D eigenvalue weighted by Crippen LogP contribution is -2.65. The number of likely N-dealkylation sites (tertiary alicyclic amines) is 1. The molecule has 0 bridgehead atoms. The van der Waals surface area contributed by atoms with E-state index in [1.54, 1.807) is 0 Å². The summed E-state index contributed by atoms with van der Waals surface area (Å²) in [6, 6.07) is 0. The number of nitrogens with zero attached hydrogens (tertiary/aromatic N) is 1. The Kier molecular flexibility index (Phi) is 5.99. The molecule has 2 amide bonds. The molecule has 0 radical (unpaired) electrons. The number of alkyl carbamates (subject to hydrolysis) is 1. The predicted octanol–water partition coefficient (Wildman–Crippen LogP) is 1.66. The highest BCUT2D eigenvalue weighted by Gasteiger charge is 2.45. The van der Waals surface area contributed by atoms with Crippen LogP contribution < -0.4 is 10.6 Å². The Morgan fingerprint density at radius 3 is 2.12 bits per heavy atom. The monoisotopic (exact) mass is 355 g/mol. The van der Waals surface area contributed by atoms with Crippen molar-refractivity contribution in [1.82, 2.24) is 15.5 Å². The van der Waals surface area contributed by atoms with Gasteiger partial charge in [0.15, 0.2) is 0 Å². The van der Waals surface area contributed by atoms with Gasteiger partial charge in [0, 0.05) is 44.7 Å². The van der Waals surface area contributed by atoms with Gasteiger partial charge in [-0.15, -0.1) is 0 Å². The molecule has 7 nitrogen and oxygen atoms in total. The molecule has 0 unspecified atom stereocenters. The summed E-state index contributed by atoms with van der Waals surface area (Å²) in [5.41, 5.74) is -1.82. The highest BCUT2D eigenvalue weighted by atomic mass is 16.6. The molecule has 0 aromatic carbocycles. The molecule has 144 valence electrons. The van der Waals surface area contributed by atoms with Crippen LogP contribution in [-0.2, 0) is 14.3 Å². The van der Waals surface area contributed by atoms with Crippen molar-refractivity contribution < 1.29 is 19.1 Å². The first-order valence-electron chi connectivity index (χ1n) is 9.14. The number of hydrogen-bond donors (Lipinski definition) is 2. The SMILES string of the molecule is CN1CCC(C)(NC(=O)C2(NC(=O)OC(C)(C)C)CCOCC2)CC1. The maximum Gasteiger partial charge on any atom is 0.408 e. The topological polar surface area (TPSA) is 79.9 Å². The zero-order valence-electron chi connectivity index (χ0n) is 16.2. The fraction of sp³-hybridized carbons (Fsp3) is 0.889. The van der Waals surface area contributed by atoms with E-state index in [0.717, 1.165) is 25.9 Å². The minimum Gasteiger partial charge on any atom is -0.444 e. The minimum absolute atomic E-state index is 0.131. The van der Waals surface area contributed by atoms with Crippen LogP contribution in [0.2, 0.25) is 0 Å². The van der Waals surface area contributed by atoms with Gasteiger partial charge >= 0.3 is 6.09 Å². The Balaban J connectivity index is 2.07. The molecule has 7 heteroatoms. The molecule has 2 fully saturated rings. The normalized spacial score (nSPS) is 23.6. The van der Waals surface area contributed by atoms with E-state index in [-0.39, 0.29) is 11.4 Å². The molecule has 0 aliphatic carbocycles. The summed E-state index contributed by atoms with van der Waals surface area (Å²) in [5.74, 6) is -0.131. The van der Waals surface area contributed by atoms with Crippen molar-refractivity contribution in [3.05, 3.63) is 0 Å². The van der Waals surface area contributed by atoms with Crippen LogP contribution in [0.3, 0.4) is 0 Å². The number of hydrogen-bond acceptors (Lipinski definition) is 5.